The van der Waals surface area contributed by atoms with Crippen LogP contribution in [0, 0.1) is 24.0 Å². The van der Waals surface area contributed by atoms with Crippen LogP contribution < -0.4 is 16.9 Å². The van der Waals surface area contributed by atoms with Gasteiger partial charge >= 0.3 is 7.12 Å². The van der Waals surface area contributed by atoms with Gasteiger partial charge in [-0.05, 0) is 155 Å². The number of hydrogen-bond acceptors (Lipinski definition) is 12. The number of pyridine rings is 2. The molecule has 70 heavy (non-hydrogen) atoms. The van der Waals surface area contributed by atoms with Crippen LogP contribution in [0.5, 0.6) is 0 Å². The van der Waals surface area contributed by atoms with Crippen molar-refractivity contribution in [3.8, 4) is 11.1 Å². The van der Waals surface area contributed by atoms with Gasteiger partial charge in [0.25, 0.3) is 11.8 Å². The molecule has 18 heteroatoms. The van der Waals surface area contributed by atoms with Crippen LogP contribution >= 0.6 is 15.9 Å². The summed E-state index contributed by atoms with van der Waals surface area (Å²) < 4.78 is 12.2. The Morgan fingerprint density at radius 1 is 0.686 bits per heavy atom. The third kappa shape index (κ3) is 8.37. The maximum atomic E-state index is 14.2. The number of aromatic nitrogens is 2. The third-order valence-electron chi connectivity index (χ3n) is 15.5. The van der Waals surface area contributed by atoms with Crippen LogP contribution in [0.15, 0.2) is 87.8 Å². The first kappa shape index (κ1) is 50.4. The molecule has 0 saturated heterocycles. The summed E-state index contributed by atoms with van der Waals surface area (Å²) in [6, 6.07) is 15.7. The van der Waals surface area contributed by atoms with E-state index in [1.165, 1.54) is 24.0 Å². The number of halogens is 1. The number of aliphatic imine (C=N–C) groups is 2. The van der Waals surface area contributed by atoms with Crippen LogP contribution in [0.2, 0.25) is 0 Å². The summed E-state index contributed by atoms with van der Waals surface area (Å²) in [5, 5.41) is 17.3. The van der Waals surface area contributed by atoms with E-state index in [-0.39, 0.29) is 52.4 Å². The van der Waals surface area contributed by atoms with E-state index in [1.54, 1.807) is 36.4 Å². The van der Waals surface area contributed by atoms with E-state index in [2.05, 4.69) is 72.0 Å². The van der Waals surface area contributed by atoms with Gasteiger partial charge in [0.2, 0.25) is 11.4 Å². The Kier molecular flexibility index (Phi) is 14.1. The normalized spacial score (nSPS) is 27.2. The van der Waals surface area contributed by atoms with Crippen molar-refractivity contribution in [2.24, 2.45) is 32.3 Å². The molecule has 4 spiro atoms. The van der Waals surface area contributed by atoms with Crippen molar-refractivity contribution in [2.45, 2.75) is 127 Å². The molecular formula is C52H60BBrN10O6. The zero-order valence-corrected chi connectivity index (χ0v) is 42.1. The summed E-state index contributed by atoms with van der Waals surface area (Å²) in [5.74, 6) is 0.678. The van der Waals surface area contributed by atoms with E-state index in [4.69, 9.17) is 54.1 Å². The second-order valence-corrected chi connectivity index (χ2v) is 20.8. The number of nitrogens with zero attached hydrogens (tertiary/aromatic N) is 8. The number of rotatable bonds is 6. The lowest BCUT2D eigenvalue weighted by atomic mass is 9.61. The summed E-state index contributed by atoms with van der Waals surface area (Å²) in [6.45, 7) is 21.9. The second kappa shape index (κ2) is 19.6. The number of fused-ring (bicyclic) bond motifs is 6. The molecule has 16 nitrogen and oxygen atoms in total. The molecule has 0 bridgehead atoms. The highest BCUT2D eigenvalue weighted by Crippen LogP contribution is 2.64. The molecule has 0 radical (unpaired) electrons. The lowest BCUT2D eigenvalue weighted by Gasteiger charge is -2.45. The van der Waals surface area contributed by atoms with Gasteiger partial charge < -0.3 is 31.0 Å². The predicted octanol–water partition coefficient (Wildman–Crippen LogP) is 6.84. The van der Waals surface area contributed by atoms with Gasteiger partial charge in [-0.25, -0.2) is 19.7 Å². The summed E-state index contributed by atoms with van der Waals surface area (Å²) in [6.07, 6.45) is 15.4. The molecule has 4 heterocycles. The SMILES string of the molecule is COC1CCC2(CC1)Cc1ccc(Br)cc1C21N=C(N)N(C(C)C)C1=O.[C-]#[N+]c1cncc(-c2ccc3c(c2)C2(N=C(N)N(C(C)C)C2=O)C2(CCC(OC)CC2)C3)c1.[C-]#[N+]c1cncc(B(O)O)c1. The van der Waals surface area contributed by atoms with Crippen molar-refractivity contribution in [1.82, 2.24) is 19.8 Å². The van der Waals surface area contributed by atoms with Gasteiger partial charge in [0.1, 0.15) is 0 Å². The Bertz CT molecular complexity index is 2830. The number of carbonyl (C=O) groups excluding carboxylic acids is 2. The Labute approximate surface area is 418 Å². The van der Waals surface area contributed by atoms with Crippen LogP contribution in [0.1, 0.15) is 101 Å². The van der Waals surface area contributed by atoms with Crippen LogP contribution in [-0.2, 0) is 43.0 Å². The van der Waals surface area contributed by atoms with Gasteiger partial charge in [0.05, 0.1) is 25.4 Å². The van der Waals surface area contributed by atoms with Crippen molar-refractivity contribution in [2.75, 3.05) is 14.2 Å². The number of benzene rings is 2. The molecule has 2 aromatic heterocycles. The Morgan fingerprint density at radius 2 is 1.14 bits per heavy atom. The molecule has 6 aliphatic rings. The molecule has 2 fully saturated rings. The first-order valence-corrected chi connectivity index (χ1v) is 24.6. The number of nitrogens with two attached hydrogens (primary N) is 2. The third-order valence-corrected chi connectivity index (χ3v) is 16.0. The largest absolute Gasteiger partial charge is 0.488 e. The molecule has 364 valence electrons. The molecule has 2 atom stereocenters. The zero-order chi connectivity index (χ0) is 50.3. The topological polar surface area (TPSA) is 211 Å². The van der Waals surface area contributed by atoms with Crippen LogP contribution in [0.4, 0.5) is 11.4 Å². The lowest BCUT2D eigenvalue weighted by molar-refractivity contribution is -0.140. The van der Waals surface area contributed by atoms with Gasteiger partial charge in [0.15, 0.2) is 23.0 Å². The summed E-state index contributed by atoms with van der Waals surface area (Å²) in [4.78, 5) is 55.7. The highest BCUT2D eigenvalue weighted by molar-refractivity contribution is 9.10. The van der Waals surface area contributed by atoms with Crippen molar-refractivity contribution in [1.29, 1.82) is 0 Å². The second-order valence-electron chi connectivity index (χ2n) is 19.9. The first-order chi connectivity index (χ1) is 33.4. The minimum absolute atomic E-state index is 0.00538. The van der Waals surface area contributed by atoms with Crippen molar-refractivity contribution >= 4 is 63.6 Å². The number of ether oxygens (including phenoxy) is 2. The number of amides is 2. The molecule has 2 saturated carbocycles. The minimum atomic E-state index is -1.55. The highest BCUT2D eigenvalue weighted by atomic mass is 79.9. The molecule has 4 aliphatic carbocycles. The van der Waals surface area contributed by atoms with E-state index in [1.807, 2.05) is 33.8 Å². The molecule has 2 amide bonds. The number of methoxy groups -OCH3 is 2. The Morgan fingerprint density at radius 3 is 1.59 bits per heavy atom. The molecule has 2 aromatic carbocycles. The van der Waals surface area contributed by atoms with Gasteiger partial charge in [-0.3, -0.25) is 29.4 Å². The quantitative estimate of drug-likeness (QED) is 0.117. The van der Waals surface area contributed by atoms with Gasteiger partial charge in [-0.15, -0.1) is 0 Å². The molecule has 2 aliphatic heterocycles. The van der Waals surface area contributed by atoms with Gasteiger partial charge in [-0.1, -0.05) is 40.2 Å². The van der Waals surface area contributed by atoms with E-state index < -0.39 is 18.2 Å². The Balaban J connectivity index is 0.000000158. The van der Waals surface area contributed by atoms with Crippen molar-refractivity contribution < 1.29 is 29.1 Å². The molecule has 2 unspecified atom stereocenters. The van der Waals surface area contributed by atoms with Crippen molar-refractivity contribution in [3.63, 3.8) is 0 Å². The maximum Gasteiger partial charge on any atom is 0.488 e. The average Bonchev–Trinajstić information content (AvgIpc) is 3.99. The van der Waals surface area contributed by atoms with Crippen LogP contribution in [0.25, 0.3) is 20.8 Å². The molecule has 4 aromatic rings. The molecular weight excluding hydrogens is 951 g/mol. The number of hydrogen-bond donors (Lipinski definition) is 4. The summed E-state index contributed by atoms with van der Waals surface area (Å²) >= 11 is 3.58. The van der Waals surface area contributed by atoms with E-state index in [0.717, 1.165) is 96.5 Å². The lowest BCUT2D eigenvalue weighted by Crippen LogP contribution is -2.53. The fourth-order valence-corrected chi connectivity index (χ4v) is 12.5. The summed E-state index contributed by atoms with van der Waals surface area (Å²) in [7, 11) is 1.98. The Hall–Kier alpha value is -6.02. The van der Waals surface area contributed by atoms with Crippen molar-refractivity contribution in [3.05, 3.63) is 123 Å². The molecule has 10 rings (SSSR count). The predicted molar refractivity (Wildman–Crippen MR) is 272 cm³/mol. The molecule has 6 N–H and O–H groups in total. The van der Waals surface area contributed by atoms with Gasteiger partial charge in [-0.2, -0.15) is 0 Å². The number of carbonyl (C=O) groups is 2. The minimum Gasteiger partial charge on any atom is -0.423 e. The standard InChI is InChI=1S/C26H29N5O2.C20H26BrN3O2.C6H5BN2O2/c1-16(2)31-23(32)26(30-24(31)27)22-12-17(19-11-20(28-3)15-29-14-19)5-6-18(22)13-25(26)9-7-21(33-4)8-10-25;1-12(2)24-17(25)20(23-18(24)22)16-10-14(21)5-4-13(16)11-19(20)8-6-15(26-3)7-9-19;1-8-6-2-5(7(10)11)3-9-4-6/h5-6,11-12,14-16,21H,7-10,13H2,1-2,4H3,(H2,27,30);4-5,10,12,15H,6-9,11H2,1-3H3,(H2,22,23);2-4,10-11H. The maximum absolute atomic E-state index is 14.2. The highest BCUT2D eigenvalue weighted by Gasteiger charge is 2.68. The fourth-order valence-electron chi connectivity index (χ4n) is 12.1. The van der Waals surface area contributed by atoms with E-state index >= 15 is 0 Å². The van der Waals surface area contributed by atoms with E-state index in [0.29, 0.717) is 23.3 Å². The van der Waals surface area contributed by atoms with E-state index in [9.17, 15) is 9.59 Å². The smallest absolute Gasteiger partial charge is 0.423 e. The first-order valence-electron chi connectivity index (χ1n) is 23.8. The number of guanidine groups is 2. The van der Waals surface area contributed by atoms with Gasteiger partial charge in [0, 0.05) is 66.4 Å². The fraction of sp³-hybridized carbons (Fsp3) is 0.462. The monoisotopic (exact) mass is 1010 g/mol. The average molecular weight is 1010 g/mol. The van der Waals surface area contributed by atoms with Crippen LogP contribution in [0.3, 0.4) is 0 Å². The van der Waals surface area contributed by atoms with Crippen LogP contribution in [-0.4, -0.2) is 99.2 Å². The zero-order valence-electron chi connectivity index (χ0n) is 40.5. The summed E-state index contributed by atoms with van der Waals surface area (Å²) in [5.41, 5.74) is 17.4.